The van der Waals surface area contributed by atoms with Crippen LogP contribution in [0.15, 0.2) is 12.1 Å². The first-order valence-electron chi connectivity index (χ1n) is 4.74. The molecule has 0 fully saturated rings. The molecule has 0 aliphatic rings. The van der Waals surface area contributed by atoms with Gasteiger partial charge in [-0.15, -0.1) is 0 Å². The summed E-state index contributed by atoms with van der Waals surface area (Å²) in [5, 5.41) is 0. The Morgan fingerprint density at radius 2 is 1.39 bits per heavy atom. The quantitative estimate of drug-likeness (QED) is 0.589. The van der Waals surface area contributed by atoms with Gasteiger partial charge in [-0.05, 0) is 37.1 Å². The van der Waals surface area contributed by atoms with Crippen molar-refractivity contribution in [1.29, 1.82) is 0 Å². The third-order valence-corrected chi connectivity index (χ3v) is 2.34. The molecule has 0 atom stereocenters. The van der Waals surface area contributed by atoms with E-state index in [1.807, 2.05) is 0 Å². The van der Waals surface area contributed by atoms with Crippen LogP contribution in [0.2, 0.25) is 0 Å². The second-order valence-electron chi connectivity index (χ2n) is 3.83. The van der Waals surface area contributed by atoms with Crippen molar-refractivity contribution in [1.82, 2.24) is 0 Å². The number of aryl methyl sites for hydroxylation is 2. The molecule has 0 spiro atoms. The minimum atomic E-state index is -5.97. The van der Waals surface area contributed by atoms with Crippen molar-refractivity contribution in [2.45, 2.75) is 25.9 Å². The summed E-state index contributed by atoms with van der Waals surface area (Å²) in [5.41, 5.74) is -1.21. The average Bonchev–Trinajstić information content (AvgIpc) is 2.22. The average molecular weight is 270 g/mol. The summed E-state index contributed by atoms with van der Waals surface area (Å²) in [6.07, 6.45) is -5.97. The number of ketones is 1. The van der Waals surface area contributed by atoms with Crippen molar-refractivity contribution >= 4 is 5.78 Å². The van der Waals surface area contributed by atoms with E-state index in [1.165, 1.54) is 13.8 Å². The molecule has 0 aromatic heterocycles. The number of carbonyl (C=O) groups is 1. The van der Waals surface area contributed by atoms with E-state index in [0.29, 0.717) is 12.1 Å². The van der Waals surface area contributed by atoms with E-state index < -0.39 is 29.3 Å². The zero-order valence-electron chi connectivity index (χ0n) is 9.33. The van der Waals surface area contributed by atoms with Crippen LogP contribution in [0.1, 0.15) is 21.5 Å². The molecule has 0 bridgehead atoms. The second-order valence-corrected chi connectivity index (χ2v) is 3.83. The fraction of sp³-hybridized carbons (Fsp3) is 0.364. The van der Waals surface area contributed by atoms with Gasteiger partial charge in [-0.3, -0.25) is 4.79 Å². The number of Topliss-reactive ketones (excluding diaryl/α,β-unsaturated/α-hetero) is 1. The largest absolute Gasteiger partial charge is 0.461 e. The Morgan fingerprint density at radius 3 is 1.72 bits per heavy atom. The zero-order chi connectivity index (χ0) is 14.3. The molecule has 0 radical (unpaired) electrons. The Morgan fingerprint density at radius 1 is 1.00 bits per heavy atom. The highest BCUT2D eigenvalue weighted by Gasteiger charge is 2.63. The van der Waals surface area contributed by atoms with Gasteiger partial charge in [0.05, 0.1) is 0 Å². The number of halogens is 6. The Kier molecular flexibility index (Phi) is 3.47. The topological polar surface area (TPSA) is 17.1 Å². The Hall–Kier alpha value is -1.53. The fourth-order valence-electron chi connectivity index (χ4n) is 1.39. The van der Waals surface area contributed by atoms with Crippen molar-refractivity contribution < 1.29 is 31.1 Å². The van der Waals surface area contributed by atoms with Gasteiger partial charge in [-0.1, -0.05) is 0 Å². The molecule has 1 nitrogen and oxygen atoms in total. The van der Waals surface area contributed by atoms with Gasteiger partial charge in [0.15, 0.2) is 0 Å². The van der Waals surface area contributed by atoms with Crippen molar-refractivity contribution in [3.05, 3.63) is 34.6 Å². The molecule has 100 valence electrons. The van der Waals surface area contributed by atoms with Crippen LogP contribution in [0.3, 0.4) is 0 Å². The lowest BCUT2D eigenvalue weighted by molar-refractivity contribution is -0.255. The molecule has 0 amide bonds. The smallest absolute Gasteiger partial charge is 0.287 e. The van der Waals surface area contributed by atoms with E-state index in [1.54, 1.807) is 0 Å². The van der Waals surface area contributed by atoms with Gasteiger partial charge in [0.2, 0.25) is 5.78 Å². The molecule has 7 heteroatoms. The van der Waals surface area contributed by atoms with E-state index in [2.05, 4.69) is 0 Å². The van der Waals surface area contributed by atoms with Crippen LogP contribution in [0.25, 0.3) is 0 Å². The number of hydrogen-bond donors (Lipinski definition) is 0. The predicted octanol–water partition coefficient (Wildman–Crippen LogP) is 3.82. The number of carbonyl (C=O) groups excluding carboxylic acids is 1. The summed E-state index contributed by atoms with van der Waals surface area (Å²) < 4.78 is 74.8. The van der Waals surface area contributed by atoms with Crippen molar-refractivity contribution in [2.24, 2.45) is 0 Å². The highest BCUT2D eigenvalue weighted by Crippen LogP contribution is 2.38. The molecule has 0 N–H and O–H groups in total. The highest BCUT2D eigenvalue weighted by atomic mass is 19.4. The van der Waals surface area contributed by atoms with Crippen molar-refractivity contribution in [3.63, 3.8) is 0 Å². The van der Waals surface area contributed by atoms with E-state index >= 15 is 0 Å². The minimum absolute atomic E-state index is 0.170. The SMILES string of the molecule is Cc1cc(C(=O)C(F)(F)C(F)(F)F)cc(C)c1F. The lowest BCUT2D eigenvalue weighted by atomic mass is 10.00. The van der Waals surface area contributed by atoms with E-state index in [4.69, 9.17) is 0 Å². The van der Waals surface area contributed by atoms with Crippen LogP contribution in [0, 0.1) is 19.7 Å². The molecular formula is C11H8F6O. The van der Waals surface area contributed by atoms with Crippen LogP contribution < -0.4 is 0 Å². The molecule has 0 saturated heterocycles. The van der Waals surface area contributed by atoms with Crippen LogP contribution in [-0.4, -0.2) is 17.9 Å². The van der Waals surface area contributed by atoms with Crippen LogP contribution in [0.4, 0.5) is 26.3 Å². The summed E-state index contributed by atoms with van der Waals surface area (Å²) in [6.45, 7) is 2.34. The van der Waals surface area contributed by atoms with Gasteiger partial charge in [-0.25, -0.2) is 4.39 Å². The van der Waals surface area contributed by atoms with Gasteiger partial charge in [0, 0.05) is 5.56 Å². The second kappa shape index (κ2) is 4.29. The van der Waals surface area contributed by atoms with Gasteiger partial charge < -0.3 is 0 Å². The maximum atomic E-state index is 13.2. The molecule has 0 heterocycles. The fourth-order valence-corrected chi connectivity index (χ4v) is 1.39. The van der Waals surface area contributed by atoms with Crippen LogP contribution in [-0.2, 0) is 0 Å². The summed E-state index contributed by atoms with van der Waals surface area (Å²) >= 11 is 0. The van der Waals surface area contributed by atoms with Gasteiger partial charge in [-0.2, -0.15) is 22.0 Å². The summed E-state index contributed by atoms with van der Waals surface area (Å²) in [7, 11) is 0. The molecule has 0 aliphatic heterocycles. The normalized spacial score (nSPS) is 12.7. The summed E-state index contributed by atoms with van der Waals surface area (Å²) in [5.74, 6) is -8.62. The van der Waals surface area contributed by atoms with Gasteiger partial charge in [0.25, 0.3) is 0 Å². The Labute approximate surface area is 98.4 Å². The summed E-state index contributed by atoms with van der Waals surface area (Å²) in [4.78, 5) is 11.1. The first-order chi connectivity index (χ1) is 7.98. The molecule has 0 saturated carbocycles. The lowest BCUT2D eigenvalue weighted by Gasteiger charge is -2.18. The molecule has 0 aliphatic carbocycles. The first kappa shape index (κ1) is 14.5. The number of benzene rings is 1. The molecule has 18 heavy (non-hydrogen) atoms. The lowest BCUT2D eigenvalue weighted by Crippen LogP contribution is -2.44. The van der Waals surface area contributed by atoms with Crippen molar-refractivity contribution in [2.75, 3.05) is 0 Å². The van der Waals surface area contributed by atoms with Gasteiger partial charge in [0.1, 0.15) is 5.82 Å². The molecule has 1 rings (SSSR count). The standard InChI is InChI=1S/C11H8F6O/c1-5-3-7(4-6(2)8(5)12)9(18)10(13,14)11(15,16)17/h3-4H,1-2H3. The van der Waals surface area contributed by atoms with E-state index in [-0.39, 0.29) is 11.1 Å². The molecular weight excluding hydrogens is 262 g/mol. The number of rotatable bonds is 2. The van der Waals surface area contributed by atoms with E-state index in [0.717, 1.165) is 0 Å². The zero-order valence-corrected chi connectivity index (χ0v) is 9.33. The third-order valence-electron chi connectivity index (χ3n) is 2.34. The maximum absolute atomic E-state index is 13.2. The highest BCUT2D eigenvalue weighted by molar-refractivity contribution is 6.02. The Balaban J connectivity index is 3.29. The maximum Gasteiger partial charge on any atom is 0.461 e. The van der Waals surface area contributed by atoms with Crippen LogP contribution in [0.5, 0.6) is 0 Å². The van der Waals surface area contributed by atoms with Crippen molar-refractivity contribution in [3.8, 4) is 0 Å². The third kappa shape index (κ3) is 2.34. The Bertz CT molecular complexity index is 466. The molecule has 1 aromatic carbocycles. The van der Waals surface area contributed by atoms with Gasteiger partial charge >= 0.3 is 12.1 Å². The first-order valence-corrected chi connectivity index (χ1v) is 4.74. The number of hydrogen-bond acceptors (Lipinski definition) is 1. The molecule has 0 unspecified atom stereocenters. The monoisotopic (exact) mass is 270 g/mol. The minimum Gasteiger partial charge on any atom is -0.287 e. The summed E-state index contributed by atoms with van der Waals surface area (Å²) in [6, 6.07) is 1.34. The van der Waals surface area contributed by atoms with Crippen LogP contribution >= 0.6 is 0 Å². The molecule has 1 aromatic rings. The van der Waals surface area contributed by atoms with E-state index in [9.17, 15) is 31.1 Å². The predicted molar refractivity (Wildman–Crippen MR) is 51.2 cm³/mol. The number of alkyl halides is 5.